The first-order chi connectivity index (χ1) is 13.0. The molecule has 9 heteroatoms. The predicted octanol–water partition coefficient (Wildman–Crippen LogP) is 3.61. The second-order valence-electron chi connectivity index (χ2n) is 5.29. The van der Waals surface area contributed by atoms with Crippen LogP contribution in [-0.4, -0.2) is 18.0 Å². The minimum absolute atomic E-state index is 0.102. The molecule has 0 fully saturated rings. The molecule has 2 heterocycles. The highest BCUT2D eigenvalue weighted by Gasteiger charge is 2.13. The van der Waals surface area contributed by atoms with Crippen molar-refractivity contribution in [3.05, 3.63) is 70.3 Å². The van der Waals surface area contributed by atoms with E-state index in [9.17, 15) is 9.59 Å². The Morgan fingerprint density at radius 1 is 1.11 bits per heavy atom. The maximum absolute atomic E-state index is 11.7. The topological polar surface area (TPSA) is 96.8 Å². The van der Waals surface area contributed by atoms with Crippen LogP contribution in [0.3, 0.4) is 0 Å². The highest BCUT2D eigenvalue weighted by atomic mass is 35.5. The van der Waals surface area contributed by atoms with E-state index in [1.54, 1.807) is 42.5 Å². The summed E-state index contributed by atoms with van der Waals surface area (Å²) in [5.74, 6) is -0.372. The fourth-order valence-corrected chi connectivity index (χ4v) is 2.50. The molecule has 138 valence electrons. The monoisotopic (exact) mass is 405 g/mol. The van der Waals surface area contributed by atoms with Crippen LogP contribution in [-0.2, 0) is 16.1 Å². The van der Waals surface area contributed by atoms with Crippen molar-refractivity contribution in [1.29, 1.82) is 0 Å². The summed E-state index contributed by atoms with van der Waals surface area (Å²) in [6.45, 7) is 0.102. The summed E-state index contributed by atoms with van der Waals surface area (Å²) in [6, 6.07) is 11.7. The van der Waals surface area contributed by atoms with Crippen molar-refractivity contribution in [3.63, 3.8) is 0 Å². The van der Waals surface area contributed by atoms with Gasteiger partial charge >= 0.3 is 11.8 Å². The van der Waals surface area contributed by atoms with Crippen LogP contribution in [0.2, 0.25) is 10.0 Å². The molecule has 27 heavy (non-hydrogen) atoms. The maximum atomic E-state index is 11.7. The molecule has 2 amide bonds. The summed E-state index contributed by atoms with van der Waals surface area (Å²) < 4.78 is 10.6. The minimum atomic E-state index is -0.914. The summed E-state index contributed by atoms with van der Waals surface area (Å²) in [7, 11) is 0. The number of rotatable bonds is 5. The number of furan rings is 2. The van der Waals surface area contributed by atoms with Crippen molar-refractivity contribution in [3.8, 4) is 11.3 Å². The van der Waals surface area contributed by atoms with Crippen molar-refractivity contribution in [1.82, 2.24) is 10.7 Å². The van der Waals surface area contributed by atoms with Crippen molar-refractivity contribution >= 4 is 41.2 Å². The van der Waals surface area contributed by atoms with Gasteiger partial charge in [-0.3, -0.25) is 9.59 Å². The Bertz CT molecular complexity index is 980. The lowest BCUT2D eigenvalue weighted by molar-refractivity contribution is -0.139. The van der Waals surface area contributed by atoms with Gasteiger partial charge in [0.05, 0.1) is 24.0 Å². The van der Waals surface area contributed by atoms with Crippen LogP contribution in [0.5, 0.6) is 0 Å². The third-order valence-corrected chi connectivity index (χ3v) is 3.95. The quantitative estimate of drug-likeness (QED) is 0.384. The molecule has 0 saturated heterocycles. The van der Waals surface area contributed by atoms with E-state index in [2.05, 4.69) is 15.8 Å². The first-order valence-corrected chi connectivity index (χ1v) is 8.47. The number of hydrazone groups is 1. The van der Waals surface area contributed by atoms with E-state index in [0.717, 1.165) is 0 Å². The van der Waals surface area contributed by atoms with E-state index in [-0.39, 0.29) is 6.54 Å². The Labute approximate surface area is 163 Å². The van der Waals surface area contributed by atoms with Crippen LogP contribution in [0, 0.1) is 0 Å². The zero-order valence-electron chi connectivity index (χ0n) is 13.7. The zero-order chi connectivity index (χ0) is 19.2. The summed E-state index contributed by atoms with van der Waals surface area (Å²) >= 11 is 12.1. The normalized spacial score (nSPS) is 10.9. The third-order valence-electron chi connectivity index (χ3n) is 3.39. The van der Waals surface area contributed by atoms with Gasteiger partial charge in [-0.15, -0.1) is 0 Å². The number of benzene rings is 1. The first kappa shape index (κ1) is 18.8. The average molecular weight is 406 g/mol. The lowest BCUT2D eigenvalue weighted by Gasteiger charge is -2.01. The molecule has 0 aliphatic heterocycles. The van der Waals surface area contributed by atoms with Crippen molar-refractivity contribution < 1.29 is 18.4 Å². The maximum Gasteiger partial charge on any atom is 0.329 e. The van der Waals surface area contributed by atoms with Gasteiger partial charge in [0, 0.05) is 10.6 Å². The summed E-state index contributed by atoms with van der Waals surface area (Å²) in [6.07, 6.45) is 2.74. The smallest absolute Gasteiger partial charge is 0.329 e. The van der Waals surface area contributed by atoms with Gasteiger partial charge in [0.2, 0.25) is 0 Å². The third kappa shape index (κ3) is 4.99. The van der Waals surface area contributed by atoms with Gasteiger partial charge < -0.3 is 14.2 Å². The van der Waals surface area contributed by atoms with Crippen LogP contribution >= 0.6 is 23.2 Å². The molecule has 1 aromatic carbocycles. The van der Waals surface area contributed by atoms with E-state index in [1.165, 1.54) is 12.5 Å². The molecule has 7 nitrogen and oxygen atoms in total. The van der Waals surface area contributed by atoms with Gasteiger partial charge in [-0.25, -0.2) is 5.43 Å². The number of carbonyl (C=O) groups excluding carboxylic acids is 2. The Balaban J connectivity index is 1.55. The standard InChI is InChI=1S/C18H13Cl2N3O4/c19-11-3-5-15(20)14(8-11)16-6-4-13(27-16)10-22-23-18(25)17(24)21-9-12-2-1-7-26-12/h1-8,10H,9H2,(H,21,24)(H,23,25)/b22-10-. The SMILES string of the molecule is O=C(NCc1ccco1)C(=O)N/N=C\c1ccc(-c2cc(Cl)ccc2Cl)o1. The highest BCUT2D eigenvalue weighted by molar-refractivity contribution is 6.35. The van der Waals surface area contributed by atoms with Crippen LogP contribution in [0.4, 0.5) is 0 Å². The van der Waals surface area contributed by atoms with E-state index >= 15 is 0 Å². The Morgan fingerprint density at radius 2 is 1.96 bits per heavy atom. The second kappa shape index (κ2) is 8.57. The van der Waals surface area contributed by atoms with Gasteiger partial charge in [0.15, 0.2) is 0 Å². The van der Waals surface area contributed by atoms with E-state index in [0.29, 0.717) is 32.9 Å². The zero-order valence-corrected chi connectivity index (χ0v) is 15.3. The fraction of sp³-hybridized carbons (Fsp3) is 0.0556. The minimum Gasteiger partial charge on any atom is -0.467 e. The van der Waals surface area contributed by atoms with Crippen molar-refractivity contribution in [2.45, 2.75) is 6.54 Å². The van der Waals surface area contributed by atoms with Gasteiger partial charge in [0.1, 0.15) is 17.3 Å². The summed E-state index contributed by atoms with van der Waals surface area (Å²) in [4.78, 5) is 23.3. The average Bonchev–Trinajstić information content (AvgIpc) is 3.33. The van der Waals surface area contributed by atoms with E-state index in [1.807, 2.05) is 0 Å². The Kier molecular flexibility index (Phi) is 5.95. The van der Waals surface area contributed by atoms with Gasteiger partial charge in [0.25, 0.3) is 0 Å². The van der Waals surface area contributed by atoms with E-state index < -0.39 is 11.8 Å². The molecule has 0 atom stereocenters. The highest BCUT2D eigenvalue weighted by Crippen LogP contribution is 2.31. The summed E-state index contributed by atoms with van der Waals surface area (Å²) in [5, 5.41) is 7.10. The van der Waals surface area contributed by atoms with Gasteiger partial charge in [-0.1, -0.05) is 23.2 Å². The predicted molar refractivity (Wildman–Crippen MR) is 100 cm³/mol. The van der Waals surface area contributed by atoms with Crippen LogP contribution < -0.4 is 10.7 Å². The number of amides is 2. The van der Waals surface area contributed by atoms with E-state index in [4.69, 9.17) is 32.0 Å². The van der Waals surface area contributed by atoms with Crippen LogP contribution in [0.1, 0.15) is 11.5 Å². The molecule has 0 unspecified atom stereocenters. The van der Waals surface area contributed by atoms with Crippen LogP contribution in [0.25, 0.3) is 11.3 Å². The molecular weight excluding hydrogens is 393 g/mol. The lowest BCUT2D eigenvalue weighted by Crippen LogP contribution is -2.37. The number of hydrogen-bond acceptors (Lipinski definition) is 5. The molecule has 0 aliphatic rings. The molecule has 0 bridgehead atoms. The molecule has 2 aromatic heterocycles. The van der Waals surface area contributed by atoms with Crippen molar-refractivity contribution in [2.75, 3.05) is 0 Å². The molecule has 3 aromatic rings. The Hall–Kier alpha value is -3.03. The van der Waals surface area contributed by atoms with Crippen LogP contribution in [0.15, 0.2) is 62.7 Å². The molecular formula is C18H13Cl2N3O4. The number of nitrogens with one attached hydrogen (secondary N) is 2. The second-order valence-corrected chi connectivity index (χ2v) is 6.13. The molecule has 0 spiro atoms. The first-order valence-electron chi connectivity index (χ1n) is 7.72. The molecule has 3 rings (SSSR count). The number of carbonyl (C=O) groups is 2. The van der Waals surface area contributed by atoms with Gasteiger partial charge in [-0.05, 0) is 42.5 Å². The number of nitrogens with zero attached hydrogens (tertiary/aromatic N) is 1. The lowest BCUT2D eigenvalue weighted by atomic mass is 10.2. The molecule has 0 radical (unpaired) electrons. The molecule has 2 N–H and O–H groups in total. The number of hydrogen-bond donors (Lipinski definition) is 2. The molecule has 0 saturated carbocycles. The fourth-order valence-electron chi connectivity index (χ4n) is 2.12. The van der Waals surface area contributed by atoms with Crippen molar-refractivity contribution in [2.24, 2.45) is 5.10 Å². The molecule has 0 aliphatic carbocycles. The number of halogens is 2. The summed E-state index contributed by atoms with van der Waals surface area (Å²) in [5.41, 5.74) is 2.74. The largest absolute Gasteiger partial charge is 0.467 e. The Morgan fingerprint density at radius 3 is 2.74 bits per heavy atom. The van der Waals surface area contributed by atoms with Gasteiger partial charge in [-0.2, -0.15) is 5.10 Å².